The summed E-state index contributed by atoms with van der Waals surface area (Å²) in [5, 5.41) is 0. The maximum absolute atomic E-state index is 12.9. The van der Waals surface area contributed by atoms with Crippen LogP contribution in [-0.2, 0) is 4.79 Å². The van der Waals surface area contributed by atoms with E-state index in [-0.39, 0.29) is 27.6 Å². The van der Waals surface area contributed by atoms with Crippen molar-refractivity contribution in [1.82, 2.24) is 14.9 Å². The molecule has 4 rings (SSSR count). The molecule has 6 nitrogen and oxygen atoms in total. The van der Waals surface area contributed by atoms with E-state index in [1.165, 1.54) is 0 Å². The first-order valence-electron chi connectivity index (χ1n) is 8.66. The lowest BCUT2D eigenvalue weighted by molar-refractivity contribution is -0.133. The summed E-state index contributed by atoms with van der Waals surface area (Å²) in [6.45, 7) is 6.81. The van der Waals surface area contributed by atoms with E-state index in [2.05, 4.69) is 28.7 Å². The van der Waals surface area contributed by atoms with E-state index in [9.17, 15) is 4.79 Å². The van der Waals surface area contributed by atoms with Crippen LogP contribution in [0, 0.1) is 17.3 Å². The first-order chi connectivity index (χ1) is 12.4. The minimum Gasteiger partial charge on any atom is -0.422 e. The van der Waals surface area contributed by atoms with Crippen molar-refractivity contribution >= 4 is 46.4 Å². The molecule has 0 unspecified atom stereocenters. The van der Waals surface area contributed by atoms with Gasteiger partial charge in [0.15, 0.2) is 5.58 Å². The largest absolute Gasteiger partial charge is 0.422 e. The quantitative estimate of drug-likeness (QED) is 0.797. The molecule has 0 aromatic carbocycles. The van der Waals surface area contributed by atoms with Crippen LogP contribution in [0.3, 0.4) is 0 Å². The maximum atomic E-state index is 12.9. The summed E-state index contributed by atoms with van der Waals surface area (Å²) < 4.78 is 6.00. The van der Waals surface area contributed by atoms with Gasteiger partial charge in [-0.15, -0.1) is 0 Å². The molecule has 1 aliphatic carbocycles. The van der Waals surface area contributed by atoms with Crippen LogP contribution < -0.4 is 4.90 Å². The Balaban J connectivity index is 1.40. The van der Waals surface area contributed by atoms with E-state index < -0.39 is 0 Å². The topological polar surface area (TPSA) is 62.5 Å². The molecule has 8 heteroatoms. The normalized spacial score (nSPS) is 24.6. The number of anilines is 1. The number of amides is 1. The van der Waals surface area contributed by atoms with Crippen molar-refractivity contribution in [1.29, 1.82) is 0 Å². The second-order valence-electron chi connectivity index (χ2n) is 7.42. The lowest BCUT2D eigenvalue weighted by Crippen LogP contribution is -2.49. The minimum absolute atomic E-state index is 0.0601. The van der Waals surface area contributed by atoms with Crippen LogP contribution in [0.25, 0.3) is 11.2 Å². The van der Waals surface area contributed by atoms with Crippen molar-refractivity contribution in [3.63, 3.8) is 0 Å². The van der Waals surface area contributed by atoms with Crippen LogP contribution in [0.1, 0.15) is 13.8 Å². The Morgan fingerprint density at radius 1 is 1.31 bits per heavy atom. The average Bonchev–Trinajstić information content (AvgIpc) is 2.96. The second kappa shape index (κ2) is 6.43. The number of pyridine rings is 1. The van der Waals surface area contributed by atoms with E-state index in [0.29, 0.717) is 43.4 Å². The zero-order valence-corrected chi connectivity index (χ0v) is 16.2. The Bertz CT molecular complexity index is 834. The molecule has 1 saturated carbocycles. The summed E-state index contributed by atoms with van der Waals surface area (Å²) in [4.78, 5) is 25.5. The molecular formula is C18H20Cl2N4O2. The van der Waals surface area contributed by atoms with Crippen LogP contribution in [0.4, 0.5) is 6.01 Å². The Morgan fingerprint density at radius 3 is 2.69 bits per heavy atom. The zero-order valence-electron chi connectivity index (χ0n) is 14.7. The standard InChI is InChI=1S/C18H20Cl2N4O2/c1-18(2)11(10-13(19)20)14(18)16(25)23-6-8-24(9-7-23)17-22-15-12(26-17)4-3-5-21-15/h3-5,10-11,14H,6-9H2,1-2H3/t11-,14+/m0/s1. The van der Waals surface area contributed by atoms with E-state index in [1.54, 1.807) is 12.3 Å². The molecule has 2 aromatic heterocycles. The van der Waals surface area contributed by atoms with Crippen molar-refractivity contribution in [3.05, 3.63) is 28.9 Å². The van der Waals surface area contributed by atoms with Crippen molar-refractivity contribution in [2.24, 2.45) is 17.3 Å². The van der Waals surface area contributed by atoms with Gasteiger partial charge in [-0.2, -0.15) is 4.98 Å². The first kappa shape index (κ1) is 17.6. The van der Waals surface area contributed by atoms with Gasteiger partial charge in [0.25, 0.3) is 6.01 Å². The monoisotopic (exact) mass is 394 g/mol. The molecule has 3 heterocycles. The van der Waals surface area contributed by atoms with E-state index in [1.807, 2.05) is 17.0 Å². The number of oxazole rings is 1. The Kier molecular flexibility index (Phi) is 4.35. The van der Waals surface area contributed by atoms with Gasteiger partial charge in [-0.05, 0) is 29.5 Å². The van der Waals surface area contributed by atoms with E-state index in [4.69, 9.17) is 27.6 Å². The van der Waals surface area contributed by atoms with Gasteiger partial charge in [0, 0.05) is 32.4 Å². The number of aromatic nitrogens is 2. The van der Waals surface area contributed by atoms with Crippen molar-refractivity contribution in [2.45, 2.75) is 13.8 Å². The van der Waals surface area contributed by atoms with E-state index >= 15 is 0 Å². The SMILES string of the molecule is CC1(C)[C@@H](C=C(Cl)Cl)[C@@H]1C(=O)N1CCN(c2nc3ncccc3o2)CC1. The van der Waals surface area contributed by atoms with Crippen LogP contribution in [0.5, 0.6) is 0 Å². The fourth-order valence-electron chi connectivity index (χ4n) is 3.80. The summed E-state index contributed by atoms with van der Waals surface area (Å²) in [5.41, 5.74) is 1.18. The highest BCUT2D eigenvalue weighted by molar-refractivity contribution is 6.55. The molecule has 2 aliphatic rings. The van der Waals surface area contributed by atoms with E-state index in [0.717, 1.165) is 0 Å². The van der Waals surface area contributed by atoms with Gasteiger partial charge in [0.05, 0.1) is 5.92 Å². The van der Waals surface area contributed by atoms with Gasteiger partial charge in [-0.3, -0.25) is 4.79 Å². The molecule has 26 heavy (non-hydrogen) atoms. The van der Waals surface area contributed by atoms with Crippen molar-refractivity contribution in [3.8, 4) is 0 Å². The molecule has 1 saturated heterocycles. The van der Waals surface area contributed by atoms with Gasteiger partial charge in [-0.25, -0.2) is 4.98 Å². The molecule has 1 amide bonds. The highest BCUT2D eigenvalue weighted by Crippen LogP contribution is 2.60. The third-order valence-corrected chi connectivity index (χ3v) is 5.75. The minimum atomic E-state index is -0.102. The fraction of sp³-hybridized carbons (Fsp3) is 0.500. The number of nitrogens with zero attached hydrogens (tertiary/aromatic N) is 4. The Hall–Kier alpha value is -1.79. The summed E-state index contributed by atoms with van der Waals surface area (Å²) in [7, 11) is 0. The summed E-state index contributed by atoms with van der Waals surface area (Å²) >= 11 is 11.6. The fourth-order valence-corrected chi connectivity index (χ4v) is 4.08. The molecule has 0 bridgehead atoms. The first-order valence-corrected chi connectivity index (χ1v) is 9.41. The van der Waals surface area contributed by atoms with Crippen LogP contribution >= 0.6 is 23.2 Å². The Morgan fingerprint density at radius 2 is 2.04 bits per heavy atom. The summed E-state index contributed by atoms with van der Waals surface area (Å²) in [6.07, 6.45) is 3.48. The number of carbonyl (C=O) groups is 1. The van der Waals surface area contributed by atoms with Gasteiger partial charge in [-0.1, -0.05) is 37.0 Å². The Labute approximate surface area is 161 Å². The van der Waals surface area contributed by atoms with Crippen molar-refractivity contribution < 1.29 is 9.21 Å². The molecule has 2 atom stereocenters. The second-order valence-corrected chi connectivity index (χ2v) is 8.42. The molecule has 0 spiro atoms. The van der Waals surface area contributed by atoms with Gasteiger partial charge in [0.2, 0.25) is 11.6 Å². The molecule has 138 valence electrons. The number of piperazine rings is 1. The number of rotatable bonds is 3. The average molecular weight is 395 g/mol. The molecular weight excluding hydrogens is 375 g/mol. The van der Waals surface area contributed by atoms with Crippen LogP contribution in [-0.4, -0.2) is 47.0 Å². The third kappa shape index (κ3) is 3.05. The van der Waals surface area contributed by atoms with Crippen LogP contribution in [0.15, 0.2) is 33.3 Å². The van der Waals surface area contributed by atoms with Crippen LogP contribution in [0.2, 0.25) is 0 Å². The number of hydrogen-bond acceptors (Lipinski definition) is 5. The third-order valence-electron chi connectivity index (χ3n) is 5.50. The number of hydrogen-bond donors (Lipinski definition) is 0. The number of allylic oxidation sites excluding steroid dienone is 1. The highest BCUT2D eigenvalue weighted by Gasteiger charge is 2.61. The predicted octanol–water partition coefficient (Wildman–Crippen LogP) is 3.46. The summed E-state index contributed by atoms with van der Waals surface area (Å²) in [6, 6.07) is 4.24. The lowest BCUT2D eigenvalue weighted by Gasteiger charge is -2.34. The summed E-state index contributed by atoms with van der Waals surface area (Å²) in [5.74, 6) is 0.209. The van der Waals surface area contributed by atoms with Crippen molar-refractivity contribution in [2.75, 3.05) is 31.1 Å². The zero-order chi connectivity index (χ0) is 18.5. The lowest BCUT2D eigenvalue weighted by atomic mass is 10.1. The van der Waals surface area contributed by atoms with Gasteiger partial charge >= 0.3 is 0 Å². The number of carbonyl (C=O) groups excluding carboxylic acids is 1. The molecule has 2 fully saturated rings. The predicted molar refractivity (Wildman–Crippen MR) is 101 cm³/mol. The highest BCUT2D eigenvalue weighted by atomic mass is 35.5. The smallest absolute Gasteiger partial charge is 0.300 e. The van der Waals surface area contributed by atoms with Gasteiger partial charge in [0.1, 0.15) is 4.49 Å². The molecule has 1 aliphatic heterocycles. The number of fused-ring (bicyclic) bond motifs is 1. The molecule has 0 N–H and O–H groups in total. The molecule has 2 aromatic rings. The molecule has 0 radical (unpaired) electrons. The van der Waals surface area contributed by atoms with Gasteiger partial charge < -0.3 is 14.2 Å². The maximum Gasteiger partial charge on any atom is 0.300 e. The number of halogens is 2.